The largest absolute Gasteiger partial charge is 0.348 e. The van der Waals surface area contributed by atoms with E-state index in [4.69, 9.17) is 0 Å². The van der Waals surface area contributed by atoms with Crippen molar-refractivity contribution in [3.05, 3.63) is 45.6 Å². The van der Waals surface area contributed by atoms with Gasteiger partial charge in [0.15, 0.2) is 0 Å². The Hall–Kier alpha value is -2.68. The monoisotopic (exact) mass is 428 g/mol. The average molecular weight is 429 g/mol. The maximum absolute atomic E-state index is 12.9. The average Bonchev–Trinajstić information content (AvgIpc) is 3.39. The van der Waals surface area contributed by atoms with Crippen LogP contribution in [0.4, 0.5) is 0 Å². The van der Waals surface area contributed by atoms with Gasteiger partial charge in [-0.1, -0.05) is 19.9 Å². The molecular formula is C21H28N6O2S. The van der Waals surface area contributed by atoms with Crippen LogP contribution in [0.2, 0.25) is 0 Å². The number of thiophene rings is 1. The number of aromatic nitrogens is 5. The zero-order chi connectivity index (χ0) is 21.3. The van der Waals surface area contributed by atoms with Gasteiger partial charge in [0.25, 0.3) is 5.91 Å². The van der Waals surface area contributed by atoms with Crippen LogP contribution in [0.5, 0.6) is 0 Å². The SMILES string of the molecule is CC(C)CCn1nc2n(c1=O)CCC(NC(=O)c1cc(-c3cccs3)nn1C)CC2. The molecule has 1 N–H and O–H groups in total. The van der Waals surface area contributed by atoms with E-state index in [1.807, 2.05) is 23.6 Å². The number of fused-ring (bicyclic) bond motifs is 1. The van der Waals surface area contributed by atoms with Gasteiger partial charge >= 0.3 is 5.69 Å². The Kier molecular flexibility index (Phi) is 5.90. The number of rotatable bonds is 6. The second-order valence-electron chi connectivity index (χ2n) is 8.27. The molecule has 3 aromatic rings. The second-order valence-corrected chi connectivity index (χ2v) is 9.22. The first-order chi connectivity index (χ1) is 14.4. The molecule has 1 atom stereocenters. The van der Waals surface area contributed by atoms with E-state index < -0.39 is 0 Å². The lowest BCUT2D eigenvalue weighted by Gasteiger charge is -2.16. The zero-order valence-electron chi connectivity index (χ0n) is 17.7. The maximum atomic E-state index is 12.9. The van der Waals surface area contributed by atoms with Crippen LogP contribution in [-0.2, 0) is 26.6 Å². The first-order valence-electron chi connectivity index (χ1n) is 10.5. The third-order valence-electron chi connectivity index (χ3n) is 5.56. The first-order valence-corrected chi connectivity index (χ1v) is 11.4. The summed E-state index contributed by atoms with van der Waals surface area (Å²) in [5.74, 6) is 1.22. The van der Waals surface area contributed by atoms with Gasteiger partial charge in [0.1, 0.15) is 17.2 Å². The molecule has 4 rings (SSSR count). The van der Waals surface area contributed by atoms with E-state index >= 15 is 0 Å². The van der Waals surface area contributed by atoms with E-state index in [1.54, 1.807) is 32.3 Å². The predicted octanol–water partition coefficient (Wildman–Crippen LogP) is 2.69. The molecule has 0 bridgehead atoms. The Labute approximate surface area is 179 Å². The summed E-state index contributed by atoms with van der Waals surface area (Å²) in [5, 5.41) is 14.1. The highest BCUT2D eigenvalue weighted by Gasteiger charge is 2.24. The molecule has 30 heavy (non-hydrogen) atoms. The number of nitrogens with one attached hydrogen (secondary N) is 1. The summed E-state index contributed by atoms with van der Waals surface area (Å²) in [4.78, 5) is 26.5. The van der Waals surface area contributed by atoms with Gasteiger partial charge in [-0.2, -0.15) is 10.2 Å². The summed E-state index contributed by atoms with van der Waals surface area (Å²) in [7, 11) is 1.79. The Morgan fingerprint density at radius 1 is 1.33 bits per heavy atom. The number of hydrogen-bond acceptors (Lipinski definition) is 5. The summed E-state index contributed by atoms with van der Waals surface area (Å²) in [6, 6.07) is 5.80. The molecule has 0 aromatic carbocycles. The van der Waals surface area contributed by atoms with Crippen LogP contribution < -0.4 is 11.0 Å². The highest BCUT2D eigenvalue weighted by Crippen LogP contribution is 2.24. The molecule has 1 aliphatic heterocycles. The number of carbonyl (C=O) groups is 1. The van der Waals surface area contributed by atoms with Gasteiger partial charge in [-0.3, -0.25) is 14.0 Å². The third-order valence-corrected chi connectivity index (χ3v) is 6.45. The quantitative estimate of drug-likeness (QED) is 0.654. The summed E-state index contributed by atoms with van der Waals surface area (Å²) < 4.78 is 4.99. The molecular weight excluding hydrogens is 400 g/mol. The maximum Gasteiger partial charge on any atom is 0.345 e. The minimum Gasteiger partial charge on any atom is -0.348 e. The minimum absolute atomic E-state index is 0.00259. The number of carbonyl (C=O) groups excluding carboxylic acids is 1. The van der Waals surface area contributed by atoms with E-state index in [2.05, 4.69) is 29.4 Å². The molecule has 4 heterocycles. The van der Waals surface area contributed by atoms with Crippen LogP contribution in [0.3, 0.4) is 0 Å². The summed E-state index contributed by atoms with van der Waals surface area (Å²) in [6.07, 6.45) is 3.10. The molecule has 8 nitrogen and oxygen atoms in total. The Balaban J connectivity index is 1.41. The van der Waals surface area contributed by atoms with Crippen LogP contribution in [0.1, 0.15) is 49.4 Å². The van der Waals surface area contributed by atoms with E-state index in [0.717, 1.165) is 29.2 Å². The Morgan fingerprint density at radius 3 is 2.90 bits per heavy atom. The Bertz CT molecular complexity index is 1080. The van der Waals surface area contributed by atoms with Gasteiger partial charge in [0.05, 0.1) is 4.88 Å². The van der Waals surface area contributed by atoms with Gasteiger partial charge in [-0.05, 0) is 42.7 Å². The van der Waals surface area contributed by atoms with Gasteiger partial charge in [-0.15, -0.1) is 11.3 Å². The second kappa shape index (κ2) is 8.59. The summed E-state index contributed by atoms with van der Waals surface area (Å²) >= 11 is 1.60. The molecule has 3 aromatic heterocycles. The van der Waals surface area contributed by atoms with Crippen molar-refractivity contribution >= 4 is 17.2 Å². The molecule has 0 saturated carbocycles. The van der Waals surface area contributed by atoms with Gasteiger partial charge < -0.3 is 5.32 Å². The third kappa shape index (κ3) is 4.26. The van der Waals surface area contributed by atoms with Gasteiger partial charge in [0.2, 0.25) is 0 Å². The van der Waals surface area contributed by atoms with Crippen LogP contribution in [0.15, 0.2) is 28.4 Å². The van der Waals surface area contributed by atoms with E-state index in [0.29, 0.717) is 37.5 Å². The Morgan fingerprint density at radius 2 is 2.17 bits per heavy atom. The molecule has 0 radical (unpaired) electrons. The van der Waals surface area contributed by atoms with E-state index in [1.165, 1.54) is 0 Å². The molecule has 0 aliphatic carbocycles. The van der Waals surface area contributed by atoms with Crippen LogP contribution in [0, 0.1) is 5.92 Å². The number of amides is 1. The molecule has 1 aliphatic rings. The zero-order valence-corrected chi connectivity index (χ0v) is 18.5. The van der Waals surface area contributed by atoms with Gasteiger partial charge in [0, 0.05) is 32.6 Å². The number of hydrogen-bond donors (Lipinski definition) is 1. The van der Waals surface area contributed by atoms with Crippen molar-refractivity contribution in [2.24, 2.45) is 13.0 Å². The molecule has 9 heteroatoms. The summed E-state index contributed by atoms with van der Waals surface area (Å²) in [5.41, 5.74) is 1.31. The molecule has 0 fully saturated rings. The van der Waals surface area contributed by atoms with Crippen molar-refractivity contribution in [2.45, 2.75) is 58.7 Å². The lowest BCUT2D eigenvalue weighted by molar-refractivity contribution is 0.0923. The predicted molar refractivity (Wildman–Crippen MR) is 117 cm³/mol. The molecule has 1 unspecified atom stereocenters. The molecule has 1 amide bonds. The normalized spacial score (nSPS) is 16.5. The standard InChI is InChI=1S/C21H28N6O2S/c1-14(2)8-11-27-21(29)26-10-9-15(6-7-19(26)24-27)22-20(28)17-13-16(23-25(17)3)18-5-4-12-30-18/h4-5,12-15H,6-11H2,1-3H3,(H,22,28). The van der Waals surface area contributed by atoms with Crippen molar-refractivity contribution in [2.75, 3.05) is 0 Å². The fourth-order valence-electron chi connectivity index (χ4n) is 3.78. The highest BCUT2D eigenvalue weighted by molar-refractivity contribution is 7.13. The van der Waals surface area contributed by atoms with Crippen molar-refractivity contribution < 1.29 is 4.79 Å². The van der Waals surface area contributed by atoms with Crippen LogP contribution >= 0.6 is 11.3 Å². The highest BCUT2D eigenvalue weighted by atomic mass is 32.1. The van der Waals surface area contributed by atoms with Crippen molar-refractivity contribution in [3.8, 4) is 10.6 Å². The topological polar surface area (TPSA) is 86.7 Å². The fraction of sp³-hybridized carbons (Fsp3) is 0.524. The van der Waals surface area contributed by atoms with Gasteiger partial charge in [-0.25, -0.2) is 9.48 Å². The van der Waals surface area contributed by atoms with Crippen molar-refractivity contribution in [3.63, 3.8) is 0 Å². The lowest BCUT2D eigenvalue weighted by atomic mass is 10.1. The fourth-order valence-corrected chi connectivity index (χ4v) is 4.46. The number of nitrogens with zero attached hydrogens (tertiary/aromatic N) is 5. The lowest BCUT2D eigenvalue weighted by Crippen LogP contribution is -2.36. The van der Waals surface area contributed by atoms with E-state index in [9.17, 15) is 9.59 Å². The summed E-state index contributed by atoms with van der Waals surface area (Å²) in [6.45, 7) is 5.52. The molecule has 160 valence electrons. The first kappa shape index (κ1) is 20.6. The van der Waals surface area contributed by atoms with Crippen molar-refractivity contribution in [1.29, 1.82) is 0 Å². The molecule has 0 spiro atoms. The minimum atomic E-state index is -0.133. The van der Waals surface area contributed by atoms with Crippen molar-refractivity contribution in [1.82, 2.24) is 29.4 Å². The molecule has 0 saturated heterocycles. The van der Waals surface area contributed by atoms with E-state index in [-0.39, 0.29) is 17.6 Å². The van der Waals surface area contributed by atoms with Crippen LogP contribution in [0.25, 0.3) is 10.6 Å². The smallest absolute Gasteiger partial charge is 0.345 e. The van der Waals surface area contributed by atoms with Crippen LogP contribution in [-0.4, -0.2) is 36.1 Å². The number of aryl methyl sites for hydroxylation is 3.